The van der Waals surface area contributed by atoms with Gasteiger partial charge in [0.15, 0.2) is 0 Å². The summed E-state index contributed by atoms with van der Waals surface area (Å²) in [5.41, 5.74) is 1.53. The molecular formula is C9H11NO3. The quantitative estimate of drug-likeness (QED) is 0.519. The summed E-state index contributed by atoms with van der Waals surface area (Å²) in [6, 6.07) is 3.20. The minimum atomic E-state index is -0.387. The van der Waals surface area contributed by atoms with Gasteiger partial charge in [0.25, 0.3) is 5.69 Å². The van der Waals surface area contributed by atoms with Crippen molar-refractivity contribution in [3.63, 3.8) is 0 Å². The first-order valence-corrected chi connectivity index (χ1v) is 3.86. The molecule has 4 nitrogen and oxygen atoms in total. The number of nitro benzene ring substituents is 1. The Kier molecular flexibility index (Phi) is 2.51. The molecule has 70 valence electrons. The first-order valence-electron chi connectivity index (χ1n) is 3.86. The Bertz CT molecular complexity index is 347. The molecule has 0 heterocycles. The minimum Gasteiger partial charge on any atom is -0.496 e. The molecule has 0 spiro atoms. The normalized spacial score (nSPS) is 9.77. The van der Waals surface area contributed by atoms with E-state index in [-0.39, 0.29) is 10.6 Å². The van der Waals surface area contributed by atoms with Gasteiger partial charge >= 0.3 is 0 Å². The van der Waals surface area contributed by atoms with E-state index in [1.165, 1.54) is 6.07 Å². The molecule has 4 heteroatoms. The molecule has 0 saturated carbocycles. The third-order valence-corrected chi connectivity index (χ3v) is 1.91. The van der Waals surface area contributed by atoms with Gasteiger partial charge in [-0.05, 0) is 25.5 Å². The highest BCUT2D eigenvalue weighted by molar-refractivity contribution is 5.49. The van der Waals surface area contributed by atoms with E-state index in [2.05, 4.69) is 0 Å². The lowest BCUT2D eigenvalue weighted by Gasteiger charge is -2.05. The van der Waals surface area contributed by atoms with E-state index in [0.717, 1.165) is 5.56 Å². The molecule has 1 aromatic rings. The van der Waals surface area contributed by atoms with Crippen LogP contribution in [-0.2, 0) is 0 Å². The summed E-state index contributed by atoms with van der Waals surface area (Å²) in [6.07, 6.45) is 0. The van der Waals surface area contributed by atoms with Gasteiger partial charge in [-0.15, -0.1) is 0 Å². The van der Waals surface area contributed by atoms with Crippen LogP contribution in [0.25, 0.3) is 0 Å². The second kappa shape index (κ2) is 3.43. The highest BCUT2D eigenvalue weighted by Gasteiger charge is 2.12. The van der Waals surface area contributed by atoms with Crippen molar-refractivity contribution in [3.05, 3.63) is 33.4 Å². The maximum absolute atomic E-state index is 10.5. The van der Waals surface area contributed by atoms with Gasteiger partial charge in [0, 0.05) is 11.6 Å². The summed E-state index contributed by atoms with van der Waals surface area (Å²) in [4.78, 5) is 10.2. The predicted octanol–water partition coefficient (Wildman–Crippen LogP) is 2.22. The highest BCUT2D eigenvalue weighted by atomic mass is 16.6. The average molecular weight is 181 g/mol. The fourth-order valence-electron chi connectivity index (χ4n) is 1.19. The molecule has 0 atom stereocenters. The summed E-state index contributed by atoms with van der Waals surface area (Å²) in [5, 5.41) is 10.5. The van der Waals surface area contributed by atoms with Crippen LogP contribution in [0.4, 0.5) is 5.69 Å². The number of benzene rings is 1. The molecule has 0 aliphatic heterocycles. The maximum atomic E-state index is 10.5. The van der Waals surface area contributed by atoms with Gasteiger partial charge in [0.2, 0.25) is 0 Å². The van der Waals surface area contributed by atoms with Gasteiger partial charge in [0.05, 0.1) is 12.0 Å². The summed E-state index contributed by atoms with van der Waals surface area (Å²) in [5.74, 6) is 0.683. The number of rotatable bonds is 2. The van der Waals surface area contributed by atoms with Crippen LogP contribution in [0.2, 0.25) is 0 Å². The van der Waals surface area contributed by atoms with E-state index in [9.17, 15) is 10.1 Å². The number of hydrogen-bond acceptors (Lipinski definition) is 3. The van der Waals surface area contributed by atoms with Crippen LogP contribution >= 0.6 is 0 Å². The molecule has 1 aromatic carbocycles. The molecular weight excluding hydrogens is 170 g/mol. The standard InChI is InChI=1S/C9H11NO3/c1-6-5-9(13-3)7(2)4-8(6)10(11)12/h4-5H,1-3H3. The summed E-state index contributed by atoms with van der Waals surface area (Å²) < 4.78 is 5.04. The van der Waals surface area contributed by atoms with Gasteiger partial charge in [-0.1, -0.05) is 0 Å². The first-order chi connectivity index (χ1) is 6.06. The summed E-state index contributed by atoms with van der Waals surface area (Å²) in [6.45, 7) is 3.48. The fraction of sp³-hybridized carbons (Fsp3) is 0.333. The molecule has 0 radical (unpaired) electrons. The number of ether oxygens (including phenoxy) is 1. The largest absolute Gasteiger partial charge is 0.496 e. The van der Waals surface area contributed by atoms with Crippen LogP contribution in [0.3, 0.4) is 0 Å². The number of methoxy groups -OCH3 is 1. The van der Waals surface area contributed by atoms with Gasteiger partial charge < -0.3 is 4.74 Å². The molecule has 0 unspecified atom stereocenters. The first kappa shape index (κ1) is 9.51. The van der Waals surface area contributed by atoms with Crippen molar-refractivity contribution < 1.29 is 9.66 Å². The Morgan fingerprint density at radius 2 is 1.92 bits per heavy atom. The number of nitrogens with zero attached hydrogens (tertiary/aromatic N) is 1. The van der Waals surface area contributed by atoms with Crippen molar-refractivity contribution in [2.45, 2.75) is 13.8 Å². The van der Waals surface area contributed by atoms with Crippen LogP contribution in [0.1, 0.15) is 11.1 Å². The Balaban J connectivity index is 3.28. The monoisotopic (exact) mass is 181 g/mol. The lowest BCUT2D eigenvalue weighted by molar-refractivity contribution is -0.385. The zero-order chi connectivity index (χ0) is 10.0. The molecule has 0 N–H and O–H groups in total. The lowest BCUT2D eigenvalue weighted by Crippen LogP contribution is -1.95. The highest BCUT2D eigenvalue weighted by Crippen LogP contribution is 2.26. The fourth-order valence-corrected chi connectivity index (χ4v) is 1.19. The Hall–Kier alpha value is -1.58. The van der Waals surface area contributed by atoms with Gasteiger partial charge in [-0.2, -0.15) is 0 Å². The maximum Gasteiger partial charge on any atom is 0.272 e. The van der Waals surface area contributed by atoms with Crippen LogP contribution < -0.4 is 4.74 Å². The third-order valence-electron chi connectivity index (χ3n) is 1.91. The molecule has 1 rings (SSSR count). The van der Waals surface area contributed by atoms with Crippen LogP contribution in [0, 0.1) is 24.0 Å². The molecule has 13 heavy (non-hydrogen) atoms. The van der Waals surface area contributed by atoms with E-state index < -0.39 is 0 Å². The third kappa shape index (κ3) is 1.77. The molecule has 0 bridgehead atoms. The van der Waals surface area contributed by atoms with Crippen LogP contribution in [0.15, 0.2) is 12.1 Å². The van der Waals surface area contributed by atoms with E-state index >= 15 is 0 Å². The van der Waals surface area contributed by atoms with Crippen molar-refractivity contribution in [3.8, 4) is 5.75 Å². The van der Waals surface area contributed by atoms with Crippen molar-refractivity contribution in [1.29, 1.82) is 0 Å². The second-order valence-electron chi connectivity index (χ2n) is 2.87. The summed E-state index contributed by atoms with van der Waals surface area (Å²) >= 11 is 0. The topological polar surface area (TPSA) is 52.4 Å². The molecule has 0 aliphatic carbocycles. The Morgan fingerprint density at radius 3 is 2.38 bits per heavy atom. The second-order valence-corrected chi connectivity index (χ2v) is 2.87. The van der Waals surface area contributed by atoms with E-state index in [1.54, 1.807) is 27.0 Å². The van der Waals surface area contributed by atoms with Crippen molar-refractivity contribution in [2.75, 3.05) is 7.11 Å². The van der Waals surface area contributed by atoms with Crippen molar-refractivity contribution in [1.82, 2.24) is 0 Å². The van der Waals surface area contributed by atoms with E-state index in [0.29, 0.717) is 11.3 Å². The van der Waals surface area contributed by atoms with Crippen molar-refractivity contribution >= 4 is 5.69 Å². The van der Waals surface area contributed by atoms with Crippen molar-refractivity contribution in [2.24, 2.45) is 0 Å². The minimum absolute atomic E-state index is 0.137. The molecule has 0 aromatic heterocycles. The molecule has 0 amide bonds. The van der Waals surface area contributed by atoms with Crippen LogP contribution in [0.5, 0.6) is 5.75 Å². The van der Waals surface area contributed by atoms with Crippen LogP contribution in [-0.4, -0.2) is 12.0 Å². The Labute approximate surface area is 76.3 Å². The number of nitro groups is 1. The predicted molar refractivity (Wildman–Crippen MR) is 49.1 cm³/mol. The van der Waals surface area contributed by atoms with Gasteiger partial charge in [-0.3, -0.25) is 10.1 Å². The van der Waals surface area contributed by atoms with Gasteiger partial charge in [-0.25, -0.2) is 0 Å². The van der Waals surface area contributed by atoms with E-state index in [1.807, 2.05) is 0 Å². The SMILES string of the molecule is COc1cc(C)c([N+](=O)[O-])cc1C. The summed E-state index contributed by atoms with van der Waals surface area (Å²) in [7, 11) is 1.55. The number of aryl methyl sites for hydroxylation is 2. The molecule has 0 saturated heterocycles. The lowest BCUT2D eigenvalue weighted by atomic mass is 10.1. The Morgan fingerprint density at radius 1 is 1.31 bits per heavy atom. The smallest absolute Gasteiger partial charge is 0.272 e. The molecule has 0 aliphatic rings. The average Bonchev–Trinajstić information content (AvgIpc) is 2.07. The zero-order valence-electron chi connectivity index (χ0n) is 7.83. The molecule has 0 fully saturated rings. The zero-order valence-corrected chi connectivity index (χ0v) is 7.83. The van der Waals surface area contributed by atoms with Gasteiger partial charge in [0.1, 0.15) is 5.75 Å². The number of hydrogen-bond donors (Lipinski definition) is 0. The van der Waals surface area contributed by atoms with E-state index in [4.69, 9.17) is 4.74 Å².